The molecule has 3 aliphatic heterocycles. The number of nitrogens with zero attached hydrogens (tertiary/aromatic N) is 2. The fraction of sp³-hybridized carbons (Fsp3) is 0.745. The molecule has 3 heterocycles. The van der Waals surface area contributed by atoms with Crippen molar-refractivity contribution in [3.63, 3.8) is 0 Å². The number of aliphatic hydroxyl groups excluding tert-OH is 2. The number of carbonyl (C=O) groups excluding carboxylic acids is 12. The minimum absolute atomic E-state index is 0.0110. The first kappa shape index (κ1) is 75.7. The first-order valence-electron chi connectivity index (χ1n) is 30.7. The van der Waals surface area contributed by atoms with E-state index in [-0.39, 0.29) is 133 Å². The summed E-state index contributed by atoms with van der Waals surface area (Å²) < 4.78 is 5.76. The molecule has 0 radical (unpaired) electrons. The Labute approximate surface area is 524 Å². The molecule has 1 saturated carbocycles. The summed E-state index contributed by atoms with van der Waals surface area (Å²) in [5, 5.41) is 87.0. The summed E-state index contributed by atoms with van der Waals surface area (Å²) in [5.74, 6) is -13.0. The van der Waals surface area contributed by atoms with Crippen molar-refractivity contribution in [2.24, 2.45) is 17.4 Å². The quantitative estimate of drug-likeness (QED) is 0.00978. The molecule has 4 rings (SSSR count). The molecule has 0 spiro atoms. The Morgan fingerprint density at radius 1 is 0.648 bits per heavy atom. The first-order chi connectivity index (χ1) is 43.1. The van der Waals surface area contributed by atoms with E-state index >= 15 is 0 Å². The molecule has 17 atom stereocenters. The zero-order chi connectivity index (χ0) is 67.6. The van der Waals surface area contributed by atoms with E-state index in [1.54, 1.807) is 0 Å². The van der Waals surface area contributed by atoms with Gasteiger partial charge in [-0.15, -0.1) is 0 Å². The predicted octanol–water partition coefficient (Wildman–Crippen LogP) is -8.34. The van der Waals surface area contributed by atoms with Crippen LogP contribution in [0.2, 0.25) is 0 Å². The highest BCUT2D eigenvalue weighted by atomic mass is 16.5. The number of cyclic esters (lactones) is 1. The number of rotatable bonds is 32. The number of ether oxygens (including phenoxy) is 1. The highest BCUT2D eigenvalue weighted by Gasteiger charge is 2.56. The molecule has 17 unspecified atom stereocenters. The van der Waals surface area contributed by atoms with Gasteiger partial charge in [0.1, 0.15) is 54.4 Å². The number of carbonyl (C=O) groups is 14. The van der Waals surface area contributed by atoms with Gasteiger partial charge >= 0.3 is 17.9 Å². The van der Waals surface area contributed by atoms with Gasteiger partial charge in [-0.2, -0.15) is 0 Å². The van der Waals surface area contributed by atoms with Gasteiger partial charge < -0.3 is 89.4 Å². The molecule has 512 valence electrons. The molecule has 3 saturated heterocycles. The van der Waals surface area contributed by atoms with Crippen LogP contribution in [0.15, 0.2) is 0 Å². The molecule has 0 aromatic heterocycles. The lowest BCUT2D eigenvalue weighted by Gasteiger charge is -2.54. The number of fused-ring (bicyclic) bond motifs is 3. The predicted molar refractivity (Wildman–Crippen MR) is 311 cm³/mol. The van der Waals surface area contributed by atoms with Crippen LogP contribution in [0.25, 0.3) is 0 Å². The third-order valence-corrected chi connectivity index (χ3v) is 16.5. The Balaban J connectivity index is 1.67. The number of hydrogen-bond donors (Lipinski definition) is 19. The number of hydrogen-bond acceptors (Lipinski definition) is 22. The second-order valence-corrected chi connectivity index (χ2v) is 23.4. The minimum Gasteiger partial charge on any atom is -0.481 e. The standard InChI is InChI=1S/C55H91N15O21/c1-28-47(80)59-29(2)48(81)62-33(12-8-20-68(89)26-71)50(83)65-35(11-5-7-18-57)55(88)91-30(3)45(54(87)60-28)67-51(84)32(10-4-6-17-56)63-49(82)34(13-9-21-69(90)27-72)64-52(85)37(24-44(78)79)66-53(86)38-16-19-58-46-36(61-42(75)14-15-43(76)77)22-31-23-40(73)41(74)25-39(31)70(38)46/h26-41,45-46,58,73-74,89-90H,4-25,56-57H2,1-3H3,(H,59,80)(H,60,87)(H,61,75)(H,62,81)(H,63,82)(H,64,85)(H,65,83)(H,66,86)(H,67,84)(H,76,77)(H,78,79)/p+1. The van der Waals surface area contributed by atoms with Crippen molar-refractivity contribution in [1.82, 2.24) is 63.3 Å². The number of unbranched alkanes of at least 4 members (excludes halogenated alkanes) is 2. The third kappa shape index (κ3) is 23.8. The van der Waals surface area contributed by atoms with Gasteiger partial charge in [0.15, 0.2) is 12.2 Å². The number of piperidine rings is 1. The number of nitrogens with one attached hydrogen (secondary N) is 11. The van der Waals surface area contributed by atoms with Crippen LogP contribution in [-0.4, -0.2) is 249 Å². The number of aliphatic carboxylic acids is 2. The van der Waals surface area contributed by atoms with Crippen LogP contribution in [0.1, 0.15) is 130 Å². The molecular weight excluding hydrogens is 1210 g/mol. The lowest BCUT2D eigenvalue weighted by Crippen LogP contribution is -3.29. The number of esters is 1. The normalized spacial score (nSPS) is 28.1. The molecular formula is C55H92N15O21+. The number of aliphatic hydroxyl groups is 2. The number of carboxylic acid groups (broad SMARTS) is 2. The van der Waals surface area contributed by atoms with E-state index in [1.807, 2.05) is 0 Å². The van der Waals surface area contributed by atoms with Crippen LogP contribution >= 0.6 is 0 Å². The number of carboxylic acids is 2. The maximum Gasteiger partial charge on any atom is 0.328 e. The summed E-state index contributed by atoms with van der Waals surface area (Å²) in [6.45, 7) is 3.50. The van der Waals surface area contributed by atoms with E-state index in [0.29, 0.717) is 16.4 Å². The second-order valence-electron chi connectivity index (χ2n) is 23.4. The largest absolute Gasteiger partial charge is 0.481 e. The van der Waals surface area contributed by atoms with Crippen molar-refractivity contribution in [2.75, 3.05) is 32.7 Å². The topological polar surface area (TPSA) is 553 Å². The van der Waals surface area contributed by atoms with Crippen LogP contribution in [-0.2, 0) is 71.9 Å². The molecule has 91 heavy (non-hydrogen) atoms. The summed E-state index contributed by atoms with van der Waals surface area (Å²) >= 11 is 0. The molecule has 4 fully saturated rings. The van der Waals surface area contributed by atoms with Crippen LogP contribution in [0.3, 0.4) is 0 Å². The summed E-state index contributed by atoms with van der Waals surface area (Å²) in [7, 11) is 0. The molecule has 0 aromatic rings. The van der Waals surface area contributed by atoms with Gasteiger partial charge in [0, 0.05) is 44.8 Å². The second kappa shape index (κ2) is 37.6. The minimum atomic E-state index is -1.91. The van der Waals surface area contributed by atoms with E-state index in [2.05, 4.69) is 53.2 Å². The molecule has 4 aliphatic rings. The third-order valence-electron chi connectivity index (χ3n) is 16.5. The van der Waals surface area contributed by atoms with Crippen LogP contribution in [0, 0.1) is 5.92 Å². The molecule has 0 aromatic carbocycles. The van der Waals surface area contributed by atoms with E-state index in [9.17, 15) is 98.0 Å². The average molecular weight is 1300 g/mol. The first-order valence-corrected chi connectivity index (χ1v) is 30.7. The van der Waals surface area contributed by atoms with Crippen molar-refractivity contribution < 1.29 is 108 Å². The van der Waals surface area contributed by atoms with Crippen LogP contribution in [0.4, 0.5) is 0 Å². The van der Waals surface area contributed by atoms with Crippen molar-refractivity contribution in [1.29, 1.82) is 0 Å². The highest BCUT2D eigenvalue weighted by molar-refractivity contribution is 5.99. The van der Waals surface area contributed by atoms with Crippen LogP contribution < -0.4 is 69.5 Å². The molecule has 36 heteroatoms. The van der Waals surface area contributed by atoms with Crippen molar-refractivity contribution in [2.45, 2.75) is 221 Å². The van der Waals surface area contributed by atoms with Gasteiger partial charge in [0.05, 0.1) is 37.1 Å². The Kier molecular flexibility index (Phi) is 31.3. The van der Waals surface area contributed by atoms with Gasteiger partial charge in [-0.25, -0.2) is 14.9 Å². The van der Waals surface area contributed by atoms with Crippen LogP contribution in [0.5, 0.6) is 0 Å². The Morgan fingerprint density at radius 2 is 1.21 bits per heavy atom. The molecule has 1 aliphatic carbocycles. The number of amides is 11. The Bertz CT molecular complexity index is 2560. The fourth-order valence-electron chi connectivity index (χ4n) is 11.6. The molecule has 36 nitrogen and oxygen atoms in total. The average Bonchev–Trinajstić information content (AvgIpc) is 0.774. The van der Waals surface area contributed by atoms with Crippen molar-refractivity contribution >= 4 is 83.9 Å². The fourth-order valence-corrected chi connectivity index (χ4v) is 11.6. The van der Waals surface area contributed by atoms with E-state index < -0.39 is 188 Å². The Morgan fingerprint density at radius 3 is 1.84 bits per heavy atom. The summed E-state index contributed by atoms with van der Waals surface area (Å²) in [6, 6.07) is -15.2. The lowest BCUT2D eigenvalue weighted by molar-refractivity contribution is -0.983. The van der Waals surface area contributed by atoms with E-state index in [1.165, 1.54) is 20.8 Å². The number of nitrogens with two attached hydrogens (primary N) is 2. The summed E-state index contributed by atoms with van der Waals surface area (Å²) in [5.41, 5.74) is 11.5. The highest BCUT2D eigenvalue weighted by Crippen LogP contribution is 2.32. The van der Waals surface area contributed by atoms with Crippen molar-refractivity contribution in [3.8, 4) is 0 Å². The number of hydroxylamine groups is 4. The van der Waals surface area contributed by atoms with Crippen molar-refractivity contribution in [3.05, 3.63) is 0 Å². The van der Waals surface area contributed by atoms with Gasteiger partial charge in [0.2, 0.25) is 60.1 Å². The van der Waals surface area contributed by atoms with Gasteiger partial charge in [-0.05, 0) is 111 Å². The summed E-state index contributed by atoms with van der Waals surface area (Å²) in [6.07, 6.45) is -6.07. The van der Waals surface area contributed by atoms with Gasteiger partial charge in [-0.3, -0.25) is 78.1 Å². The lowest BCUT2D eigenvalue weighted by atomic mass is 9.72. The molecule has 11 amide bonds. The maximum atomic E-state index is 14.6. The molecule has 0 bridgehead atoms. The smallest absolute Gasteiger partial charge is 0.328 e. The zero-order valence-electron chi connectivity index (χ0n) is 51.3. The summed E-state index contributed by atoms with van der Waals surface area (Å²) in [4.78, 5) is 187. The monoisotopic (exact) mass is 1300 g/mol. The number of quaternary nitrogens is 1. The SMILES string of the molecule is CC1NC(=O)C(C)NC(=O)C(NC(=O)C(CCCCN)NC(=O)C(CCCN(O)C=O)NC(=O)C(CC(=O)O)NC(=O)C2CCNC3C(NC(=O)CCC(=O)O)CC4CC(O)C(O)CC4[NH+]23)C(C)OC(=O)C(CCCCN)NC(=O)C(CCCN(O)C=O)NC1=O. The molecule has 21 N–H and O–H groups in total. The van der Waals surface area contributed by atoms with E-state index in [0.717, 1.165) is 0 Å². The zero-order valence-corrected chi connectivity index (χ0v) is 51.3. The van der Waals surface area contributed by atoms with Gasteiger partial charge in [0.25, 0.3) is 5.91 Å². The van der Waals surface area contributed by atoms with Gasteiger partial charge in [-0.1, -0.05) is 0 Å². The van der Waals surface area contributed by atoms with E-state index in [4.69, 9.17) is 16.2 Å². The maximum absolute atomic E-state index is 14.6. The Hall–Kier alpha value is -7.74.